The van der Waals surface area contributed by atoms with Crippen LogP contribution in [0.5, 0.6) is 0 Å². The number of nitrogens with zero attached hydrogens (tertiary/aromatic N) is 2. The molecule has 5 nitrogen and oxygen atoms in total. The fourth-order valence-electron chi connectivity index (χ4n) is 4.62. The quantitative estimate of drug-likeness (QED) is 0.702. The number of alkyl halides is 3. The molecule has 2 fully saturated rings. The standard InChI is InChI=1S/C25H30F3N3O2/c1-19(21-7-9-22(10-8-21)31-13-15-33-16-14-31)29-23(32)24(25(26,27)28)11-12-30(18-24)17-20-5-3-2-4-6-20/h2-10,19H,11-18H2,1H3,(H,29,32). The summed E-state index contributed by atoms with van der Waals surface area (Å²) in [6, 6.07) is 16.5. The molecule has 1 N–H and O–H groups in total. The van der Waals surface area contributed by atoms with E-state index in [1.807, 2.05) is 54.6 Å². The molecule has 2 unspecified atom stereocenters. The number of likely N-dealkylation sites (tertiary alicyclic amines) is 1. The maximum absolute atomic E-state index is 14.2. The van der Waals surface area contributed by atoms with Gasteiger partial charge in [0.25, 0.3) is 0 Å². The summed E-state index contributed by atoms with van der Waals surface area (Å²) in [5.74, 6) is -0.949. The summed E-state index contributed by atoms with van der Waals surface area (Å²) in [4.78, 5) is 16.9. The SMILES string of the molecule is CC(NC(=O)C1(C(F)(F)F)CCN(Cc2ccccc2)C1)c1ccc(N2CCOCC2)cc1. The summed E-state index contributed by atoms with van der Waals surface area (Å²) < 4.78 is 47.9. The minimum atomic E-state index is -4.62. The Hall–Kier alpha value is -2.58. The molecule has 0 aromatic heterocycles. The third-order valence-corrected chi connectivity index (χ3v) is 6.69. The molecule has 8 heteroatoms. The van der Waals surface area contributed by atoms with E-state index in [1.54, 1.807) is 11.8 Å². The van der Waals surface area contributed by atoms with Crippen LogP contribution in [-0.2, 0) is 16.1 Å². The highest BCUT2D eigenvalue weighted by Gasteiger charge is 2.63. The van der Waals surface area contributed by atoms with Crippen LogP contribution in [0, 0.1) is 5.41 Å². The molecule has 1 amide bonds. The highest BCUT2D eigenvalue weighted by molar-refractivity contribution is 5.84. The summed E-state index contributed by atoms with van der Waals surface area (Å²) in [5, 5.41) is 2.65. The van der Waals surface area contributed by atoms with Gasteiger partial charge in [0, 0.05) is 31.9 Å². The largest absolute Gasteiger partial charge is 0.404 e. The van der Waals surface area contributed by atoms with E-state index in [-0.39, 0.29) is 19.5 Å². The van der Waals surface area contributed by atoms with Gasteiger partial charge in [-0.25, -0.2) is 0 Å². The molecular formula is C25H30F3N3O2. The van der Waals surface area contributed by atoms with E-state index in [1.165, 1.54) is 0 Å². The Labute approximate surface area is 192 Å². The first kappa shape index (κ1) is 23.6. The number of morpholine rings is 1. The van der Waals surface area contributed by atoms with Crippen molar-refractivity contribution in [3.63, 3.8) is 0 Å². The van der Waals surface area contributed by atoms with E-state index in [9.17, 15) is 18.0 Å². The van der Waals surface area contributed by atoms with E-state index in [2.05, 4.69) is 10.2 Å². The van der Waals surface area contributed by atoms with Crippen LogP contribution in [0.25, 0.3) is 0 Å². The number of carbonyl (C=O) groups excluding carboxylic acids is 1. The Kier molecular flexibility index (Phi) is 6.95. The number of halogens is 3. The van der Waals surface area contributed by atoms with E-state index >= 15 is 0 Å². The fraction of sp³-hybridized carbons (Fsp3) is 0.480. The lowest BCUT2D eigenvalue weighted by Gasteiger charge is -2.32. The van der Waals surface area contributed by atoms with Gasteiger partial charge in [0.05, 0.1) is 19.3 Å². The maximum atomic E-state index is 14.2. The monoisotopic (exact) mass is 461 g/mol. The topological polar surface area (TPSA) is 44.8 Å². The van der Waals surface area contributed by atoms with Crippen molar-refractivity contribution in [2.24, 2.45) is 5.41 Å². The number of amides is 1. The van der Waals surface area contributed by atoms with Gasteiger partial charge in [0.15, 0.2) is 5.41 Å². The highest BCUT2D eigenvalue weighted by atomic mass is 19.4. The number of anilines is 1. The molecule has 2 atom stereocenters. The third kappa shape index (κ3) is 5.17. The van der Waals surface area contributed by atoms with Crippen LogP contribution in [0.2, 0.25) is 0 Å². The van der Waals surface area contributed by atoms with Crippen LogP contribution in [0.4, 0.5) is 18.9 Å². The number of ether oxygens (including phenoxy) is 1. The van der Waals surface area contributed by atoms with Gasteiger partial charge in [-0.15, -0.1) is 0 Å². The van der Waals surface area contributed by atoms with Gasteiger partial charge in [-0.05, 0) is 43.1 Å². The first-order valence-corrected chi connectivity index (χ1v) is 11.4. The molecule has 33 heavy (non-hydrogen) atoms. The number of carbonyl (C=O) groups is 1. The lowest BCUT2D eigenvalue weighted by Crippen LogP contribution is -2.52. The molecule has 178 valence electrons. The molecule has 2 aliphatic rings. The smallest absolute Gasteiger partial charge is 0.378 e. The van der Waals surface area contributed by atoms with Crippen molar-refractivity contribution in [3.05, 3.63) is 65.7 Å². The average Bonchev–Trinajstić information content (AvgIpc) is 3.26. The zero-order chi connectivity index (χ0) is 23.5. The zero-order valence-corrected chi connectivity index (χ0v) is 18.8. The number of nitrogens with one attached hydrogen (secondary N) is 1. The molecule has 0 aliphatic carbocycles. The second-order valence-electron chi connectivity index (χ2n) is 8.91. The minimum Gasteiger partial charge on any atom is -0.378 e. The maximum Gasteiger partial charge on any atom is 0.404 e. The normalized spacial score (nSPS) is 22.8. The Morgan fingerprint density at radius 3 is 2.36 bits per heavy atom. The second-order valence-corrected chi connectivity index (χ2v) is 8.91. The zero-order valence-electron chi connectivity index (χ0n) is 18.8. The van der Waals surface area contributed by atoms with Gasteiger partial charge < -0.3 is 15.0 Å². The molecule has 4 rings (SSSR count). The molecule has 2 saturated heterocycles. The van der Waals surface area contributed by atoms with Gasteiger partial charge in [-0.2, -0.15) is 13.2 Å². The van der Waals surface area contributed by atoms with Crippen molar-refractivity contribution in [1.29, 1.82) is 0 Å². The van der Waals surface area contributed by atoms with E-state index in [0.717, 1.165) is 29.9 Å². The predicted molar refractivity (Wildman–Crippen MR) is 121 cm³/mol. The lowest BCUT2D eigenvalue weighted by molar-refractivity contribution is -0.218. The number of rotatable bonds is 6. The molecule has 2 aliphatic heterocycles. The van der Waals surface area contributed by atoms with Crippen LogP contribution in [0.3, 0.4) is 0 Å². The number of hydrogen-bond donors (Lipinski definition) is 1. The molecule has 0 saturated carbocycles. The van der Waals surface area contributed by atoms with Crippen molar-refractivity contribution in [3.8, 4) is 0 Å². The van der Waals surface area contributed by atoms with Crippen molar-refractivity contribution < 1.29 is 22.7 Å². The molecule has 0 spiro atoms. The van der Waals surface area contributed by atoms with Crippen LogP contribution in [0.15, 0.2) is 54.6 Å². The van der Waals surface area contributed by atoms with Crippen LogP contribution < -0.4 is 10.2 Å². The van der Waals surface area contributed by atoms with Gasteiger partial charge in [0.1, 0.15) is 0 Å². The molecule has 2 aromatic rings. The van der Waals surface area contributed by atoms with Gasteiger partial charge in [0.2, 0.25) is 5.91 Å². The van der Waals surface area contributed by atoms with E-state index < -0.39 is 23.5 Å². The Bertz CT molecular complexity index is 930. The van der Waals surface area contributed by atoms with Crippen LogP contribution in [0.1, 0.15) is 30.5 Å². The number of benzene rings is 2. The predicted octanol–water partition coefficient (Wildman–Crippen LogP) is 4.16. The first-order valence-electron chi connectivity index (χ1n) is 11.4. The van der Waals surface area contributed by atoms with Gasteiger partial charge in [-0.3, -0.25) is 9.69 Å². The molecule has 2 aromatic carbocycles. The number of hydrogen-bond acceptors (Lipinski definition) is 4. The summed E-state index contributed by atoms with van der Waals surface area (Å²) in [5.41, 5.74) is 0.352. The van der Waals surface area contributed by atoms with Crippen molar-refractivity contribution in [2.75, 3.05) is 44.3 Å². The van der Waals surface area contributed by atoms with E-state index in [0.29, 0.717) is 19.8 Å². The summed E-state index contributed by atoms with van der Waals surface area (Å²) in [6.45, 7) is 4.97. The Morgan fingerprint density at radius 2 is 1.73 bits per heavy atom. The van der Waals surface area contributed by atoms with Crippen LogP contribution >= 0.6 is 0 Å². The van der Waals surface area contributed by atoms with E-state index in [4.69, 9.17) is 4.74 Å². The second kappa shape index (κ2) is 9.73. The van der Waals surface area contributed by atoms with Crippen LogP contribution in [-0.4, -0.2) is 56.4 Å². The Morgan fingerprint density at radius 1 is 1.06 bits per heavy atom. The van der Waals surface area contributed by atoms with Gasteiger partial charge >= 0.3 is 6.18 Å². The highest BCUT2D eigenvalue weighted by Crippen LogP contribution is 2.46. The molecule has 2 heterocycles. The summed E-state index contributed by atoms with van der Waals surface area (Å²) in [7, 11) is 0. The van der Waals surface area contributed by atoms with Crippen molar-refractivity contribution in [2.45, 2.75) is 32.1 Å². The van der Waals surface area contributed by atoms with Crippen molar-refractivity contribution in [1.82, 2.24) is 10.2 Å². The summed E-state index contributed by atoms with van der Waals surface area (Å²) >= 11 is 0. The van der Waals surface area contributed by atoms with Gasteiger partial charge in [-0.1, -0.05) is 42.5 Å². The molecule has 0 bridgehead atoms. The molecular weight excluding hydrogens is 431 g/mol. The average molecular weight is 462 g/mol. The minimum absolute atomic E-state index is 0.227. The first-order chi connectivity index (χ1) is 15.8. The summed E-state index contributed by atoms with van der Waals surface area (Å²) in [6.07, 6.45) is -4.86. The lowest BCUT2D eigenvalue weighted by atomic mass is 9.84. The fourth-order valence-corrected chi connectivity index (χ4v) is 4.62. The van der Waals surface area contributed by atoms with Crippen molar-refractivity contribution >= 4 is 11.6 Å². The molecule has 0 radical (unpaired) electrons. The Balaban J connectivity index is 1.43. The third-order valence-electron chi connectivity index (χ3n) is 6.69.